The number of pyridine rings is 1. The molecule has 6 heteroatoms. The molecule has 0 spiro atoms. The van der Waals surface area contributed by atoms with Gasteiger partial charge in [0.1, 0.15) is 6.61 Å². The van der Waals surface area contributed by atoms with Gasteiger partial charge in [-0.15, -0.1) is 0 Å². The Bertz CT molecular complexity index is 711. The Hall–Kier alpha value is -2.58. The molecule has 22 heavy (non-hydrogen) atoms. The van der Waals surface area contributed by atoms with Crippen molar-refractivity contribution in [3.8, 4) is 11.8 Å². The van der Waals surface area contributed by atoms with Gasteiger partial charge in [0.15, 0.2) is 0 Å². The summed E-state index contributed by atoms with van der Waals surface area (Å²) in [6, 6.07) is 10.7. The molecule has 0 aliphatic carbocycles. The van der Waals surface area contributed by atoms with E-state index in [9.17, 15) is 9.18 Å². The molecular formula is C16H12ClFN2O2. The van der Waals surface area contributed by atoms with Crippen molar-refractivity contribution in [1.29, 1.82) is 0 Å². The number of ether oxygens (including phenoxy) is 1. The van der Waals surface area contributed by atoms with Gasteiger partial charge in [-0.25, -0.2) is 9.78 Å². The minimum Gasteiger partial charge on any atom is -0.445 e. The van der Waals surface area contributed by atoms with Crippen LogP contribution < -0.4 is 5.32 Å². The smallest absolute Gasteiger partial charge is 0.408 e. The van der Waals surface area contributed by atoms with Gasteiger partial charge in [0, 0.05) is 6.20 Å². The van der Waals surface area contributed by atoms with Crippen LogP contribution in [-0.2, 0) is 11.3 Å². The molecule has 1 N–H and O–H groups in total. The second-order valence-electron chi connectivity index (χ2n) is 4.21. The van der Waals surface area contributed by atoms with Gasteiger partial charge in [-0.1, -0.05) is 53.8 Å². The van der Waals surface area contributed by atoms with Crippen molar-refractivity contribution in [3.63, 3.8) is 0 Å². The number of aromatic nitrogens is 1. The maximum atomic E-state index is 13.3. The number of hydrogen-bond acceptors (Lipinski definition) is 3. The normalized spacial score (nSPS) is 9.55. The monoisotopic (exact) mass is 318 g/mol. The Morgan fingerprint density at radius 2 is 2.14 bits per heavy atom. The number of hydrogen-bond donors (Lipinski definition) is 1. The zero-order valence-corrected chi connectivity index (χ0v) is 12.2. The van der Waals surface area contributed by atoms with Crippen LogP contribution in [0.25, 0.3) is 0 Å². The topological polar surface area (TPSA) is 51.2 Å². The van der Waals surface area contributed by atoms with Crippen molar-refractivity contribution in [2.45, 2.75) is 6.61 Å². The lowest BCUT2D eigenvalue weighted by atomic mass is 10.2. The molecule has 0 unspecified atom stereocenters. The zero-order chi connectivity index (χ0) is 15.8. The van der Waals surface area contributed by atoms with Crippen LogP contribution in [0.3, 0.4) is 0 Å². The molecule has 0 bridgehead atoms. The highest BCUT2D eigenvalue weighted by Gasteiger charge is 2.02. The van der Waals surface area contributed by atoms with Crippen molar-refractivity contribution >= 4 is 17.7 Å². The van der Waals surface area contributed by atoms with E-state index in [0.717, 1.165) is 5.56 Å². The summed E-state index contributed by atoms with van der Waals surface area (Å²) < 4.78 is 18.3. The summed E-state index contributed by atoms with van der Waals surface area (Å²) in [5.74, 6) is 4.43. The fourth-order valence-corrected chi connectivity index (χ4v) is 1.70. The number of benzene rings is 1. The maximum absolute atomic E-state index is 13.3. The number of alkyl carbamates (subject to hydrolysis) is 1. The highest BCUT2D eigenvalue weighted by molar-refractivity contribution is 6.30. The predicted molar refractivity (Wildman–Crippen MR) is 80.7 cm³/mol. The van der Waals surface area contributed by atoms with Gasteiger partial charge in [-0.2, -0.15) is 4.39 Å². The van der Waals surface area contributed by atoms with E-state index in [2.05, 4.69) is 22.1 Å². The summed E-state index contributed by atoms with van der Waals surface area (Å²) in [6.45, 7) is 0.201. The minimum absolute atomic E-state index is 0.0274. The highest BCUT2D eigenvalue weighted by atomic mass is 35.5. The number of nitrogens with one attached hydrogen (secondary N) is 1. The van der Waals surface area contributed by atoms with Crippen LogP contribution in [0.15, 0.2) is 42.6 Å². The Morgan fingerprint density at radius 1 is 1.36 bits per heavy atom. The van der Waals surface area contributed by atoms with Crippen LogP contribution in [-0.4, -0.2) is 17.6 Å². The first-order chi connectivity index (χ1) is 10.6. The largest absolute Gasteiger partial charge is 0.445 e. The molecule has 112 valence electrons. The average molecular weight is 319 g/mol. The van der Waals surface area contributed by atoms with E-state index in [0.29, 0.717) is 5.02 Å². The fourth-order valence-electron chi connectivity index (χ4n) is 1.54. The quantitative estimate of drug-likeness (QED) is 0.698. The molecule has 0 saturated heterocycles. The second kappa shape index (κ2) is 8.01. The predicted octanol–water partition coefficient (Wildman–Crippen LogP) is 3.15. The van der Waals surface area contributed by atoms with Crippen molar-refractivity contribution in [2.24, 2.45) is 0 Å². The molecule has 4 nitrogen and oxygen atoms in total. The Labute approximate surface area is 132 Å². The van der Waals surface area contributed by atoms with Gasteiger partial charge in [0.05, 0.1) is 17.1 Å². The molecule has 0 radical (unpaired) electrons. The van der Waals surface area contributed by atoms with E-state index >= 15 is 0 Å². The third-order valence-corrected chi connectivity index (χ3v) is 2.77. The molecule has 1 heterocycles. The van der Waals surface area contributed by atoms with E-state index < -0.39 is 12.0 Å². The summed E-state index contributed by atoms with van der Waals surface area (Å²) in [4.78, 5) is 14.9. The average Bonchev–Trinajstić information content (AvgIpc) is 2.53. The van der Waals surface area contributed by atoms with Gasteiger partial charge < -0.3 is 10.1 Å². The van der Waals surface area contributed by atoms with Crippen molar-refractivity contribution in [1.82, 2.24) is 10.3 Å². The van der Waals surface area contributed by atoms with Crippen LogP contribution in [0.4, 0.5) is 9.18 Å². The SMILES string of the molecule is O=C(NCC#Cc1cc(Cl)cnc1F)OCc1ccccc1. The summed E-state index contributed by atoms with van der Waals surface area (Å²) in [6.07, 6.45) is 0.601. The first-order valence-corrected chi connectivity index (χ1v) is 6.77. The number of carbonyl (C=O) groups is 1. The van der Waals surface area contributed by atoms with Crippen molar-refractivity contribution in [2.75, 3.05) is 6.54 Å². The van der Waals surface area contributed by atoms with E-state index in [1.165, 1.54) is 12.3 Å². The van der Waals surface area contributed by atoms with Crippen LogP contribution in [0, 0.1) is 17.8 Å². The molecule has 1 aromatic heterocycles. The molecule has 0 atom stereocenters. The van der Waals surface area contributed by atoms with Crippen LogP contribution in [0.2, 0.25) is 5.02 Å². The molecule has 0 fully saturated rings. The molecule has 2 rings (SSSR count). The standard InChI is InChI=1S/C16H12ClFN2O2/c17-14-9-13(15(18)20-10-14)7-4-8-19-16(21)22-11-12-5-2-1-3-6-12/h1-3,5-6,9-10H,8,11H2,(H,19,21). The molecule has 2 aromatic rings. The van der Waals surface area contributed by atoms with E-state index in [4.69, 9.17) is 16.3 Å². The van der Waals surface area contributed by atoms with Crippen molar-refractivity contribution < 1.29 is 13.9 Å². The molecule has 0 aliphatic rings. The first kappa shape index (κ1) is 15.8. The third kappa shape index (κ3) is 5.08. The number of amides is 1. The fraction of sp³-hybridized carbons (Fsp3) is 0.125. The van der Waals surface area contributed by atoms with E-state index in [1.807, 2.05) is 30.3 Å². The lowest BCUT2D eigenvalue weighted by molar-refractivity contribution is 0.141. The summed E-state index contributed by atoms with van der Waals surface area (Å²) in [7, 11) is 0. The van der Waals surface area contributed by atoms with Crippen LogP contribution >= 0.6 is 11.6 Å². The number of halogens is 2. The Kier molecular flexibility index (Phi) is 5.75. The first-order valence-electron chi connectivity index (χ1n) is 6.39. The van der Waals surface area contributed by atoms with Gasteiger partial charge in [-0.05, 0) is 11.6 Å². The highest BCUT2D eigenvalue weighted by Crippen LogP contribution is 2.10. The van der Waals surface area contributed by atoms with Gasteiger partial charge in [0.25, 0.3) is 0 Å². The maximum Gasteiger partial charge on any atom is 0.408 e. The summed E-state index contributed by atoms with van der Waals surface area (Å²) in [5, 5.41) is 2.74. The molecule has 0 aliphatic heterocycles. The number of rotatable bonds is 3. The molecule has 1 amide bonds. The Balaban J connectivity index is 1.78. The lowest BCUT2D eigenvalue weighted by Gasteiger charge is -2.04. The summed E-state index contributed by atoms with van der Waals surface area (Å²) >= 11 is 5.69. The molecular weight excluding hydrogens is 307 g/mol. The Morgan fingerprint density at radius 3 is 2.91 bits per heavy atom. The van der Waals surface area contributed by atoms with Crippen molar-refractivity contribution in [3.05, 3.63) is 64.7 Å². The summed E-state index contributed by atoms with van der Waals surface area (Å²) in [5.41, 5.74) is 0.961. The number of carbonyl (C=O) groups excluding carboxylic acids is 1. The lowest BCUT2D eigenvalue weighted by Crippen LogP contribution is -2.24. The minimum atomic E-state index is -0.705. The molecule has 1 aromatic carbocycles. The zero-order valence-electron chi connectivity index (χ0n) is 11.5. The van der Waals surface area contributed by atoms with Gasteiger partial charge in [-0.3, -0.25) is 0 Å². The van der Waals surface area contributed by atoms with Crippen LogP contribution in [0.1, 0.15) is 11.1 Å². The third-order valence-electron chi connectivity index (χ3n) is 2.56. The van der Waals surface area contributed by atoms with Crippen LogP contribution in [0.5, 0.6) is 0 Å². The second-order valence-corrected chi connectivity index (χ2v) is 4.65. The van der Waals surface area contributed by atoms with Gasteiger partial charge >= 0.3 is 6.09 Å². The number of nitrogens with zero attached hydrogens (tertiary/aromatic N) is 1. The van der Waals surface area contributed by atoms with E-state index in [1.54, 1.807) is 0 Å². The molecule has 0 saturated carbocycles. The van der Waals surface area contributed by atoms with E-state index in [-0.39, 0.29) is 18.7 Å². The van der Waals surface area contributed by atoms with Gasteiger partial charge in [0.2, 0.25) is 5.95 Å².